The summed E-state index contributed by atoms with van der Waals surface area (Å²) in [7, 11) is 0. The van der Waals surface area contributed by atoms with Gasteiger partial charge >= 0.3 is 0 Å². The molecule has 1 aliphatic heterocycles. The van der Waals surface area contributed by atoms with Crippen LogP contribution in [0.4, 0.5) is 0 Å². The molecule has 1 fully saturated rings. The molecule has 1 aliphatic rings. The molecule has 0 spiro atoms. The SMILES string of the molecule is CCC(C)[C@@H](c1ccc2cc[nH]c2c1)N1CCNCC1. The monoisotopic (exact) mass is 271 g/mol. The highest BCUT2D eigenvalue weighted by molar-refractivity contribution is 5.80. The third-order valence-corrected chi connectivity index (χ3v) is 4.65. The Balaban J connectivity index is 1.94. The average molecular weight is 271 g/mol. The largest absolute Gasteiger partial charge is 0.361 e. The summed E-state index contributed by atoms with van der Waals surface area (Å²) < 4.78 is 0. The number of H-pyrrole nitrogens is 1. The van der Waals surface area contributed by atoms with Gasteiger partial charge in [0.25, 0.3) is 0 Å². The van der Waals surface area contributed by atoms with Gasteiger partial charge in [-0.2, -0.15) is 0 Å². The average Bonchev–Trinajstić information content (AvgIpc) is 2.96. The lowest BCUT2D eigenvalue weighted by Gasteiger charge is -2.38. The summed E-state index contributed by atoms with van der Waals surface area (Å²) in [4.78, 5) is 5.99. The van der Waals surface area contributed by atoms with Crippen LogP contribution in [0.1, 0.15) is 31.9 Å². The summed E-state index contributed by atoms with van der Waals surface area (Å²) in [6, 6.07) is 9.58. The minimum absolute atomic E-state index is 0.537. The van der Waals surface area contributed by atoms with Crippen LogP contribution in [0.3, 0.4) is 0 Å². The van der Waals surface area contributed by atoms with E-state index in [0.717, 1.165) is 26.2 Å². The summed E-state index contributed by atoms with van der Waals surface area (Å²) in [5.41, 5.74) is 2.71. The van der Waals surface area contributed by atoms with Gasteiger partial charge in [0, 0.05) is 43.9 Å². The Hall–Kier alpha value is -1.32. The highest BCUT2D eigenvalue weighted by Crippen LogP contribution is 2.32. The van der Waals surface area contributed by atoms with Crippen LogP contribution in [-0.4, -0.2) is 36.1 Å². The zero-order valence-corrected chi connectivity index (χ0v) is 12.5. The van der Waals surface area contributed by atoms with Gasteiger partial charge in [-0.1, -0.05) is 32.4 Å². The lowest BCUT2D eigenvalue weighted by atomic mass is 9.90. The first kappa shape index (κ1) is 13.7. The second kappa shape index (κ2) is 5.98. The number of aromatic nitrogens is 1. The van der Waals surface area contributed by atoms with E-state index in [1.807, 2.05) is 6.20 Å². The topological polar surface area (TPSA) is 31.1 Å². The number of hydrogen-bond acceptors (Lipinski definition) is 2. The van der Waals surface area contributed by atoms with Crippen LogP contribution in [-0.2, 0) is 0 Å². The molecule has 3 heteroatoms. The van der Waals surface area contributed by atoms with Gasteiger partial charge in [0.15, 0.2) is 0 Å². The number of rotatable bonds is 4. The second-order valence-electron chi connectivity index (χ2n) is 5.94. The Kier molecular flexibility index (Phi) is 4.08. The highest BCUT2D eigenvalue weighted by Gasteiger charge is 2.26. The third-order valence-electron chi connectivity index (χ3n) is 4.65. The molecule has 2 N–H and O–H groups in total. The fourth-order valence-corrected chi connectivity index (χ4v) is 3.33. The van der Waals surface area contributed by atoms with Crippen molar-refractivity contribution >= 4 is 10.9 Å². The Morgan fingerprint density at radius 1 is 1.20 bits per heavy atom. The maximum absolute atomic E-state index is 3.46. The van der Waals surface area contributed by atoms with Crippen molar-refractivity contribution < 1.29 is 0 Å². The van der Waals surface area contributed by atoms with Gasteiger partial charge in [-0.3, -0.25) is 4.90 Å². The van der Waals surface area contributed by atoms with Crippen LogP contribution in [0.15, 0.2) is 30.5 Å². The number of nitrogens with zero attached hydrogens (tertiary/aromatic N) is 1. The van der Waals surface area contributed by atoms with E-state index in [1.54, 1.807) is 0 Å². The molecule has 0 bridgehead atoms. The van der Waals surface area contributed by atoms with Crippen molar-refractivity contribution in [1.82, 2.24) is 15.2 Å². The van der Waals surface area contributed by atoms with Crippen molar-refractivity contribution in [3.63, 3.8) is 0 Å². The molecule has 1 aromatic carbocycles. The van der Waals surface area contributed by atoms with Gasteiger partial charge in [0.05, 0.1) is 0 Å². The summed E-state index contributed by atoms with van der Waals surface area (Å²) in [6.45, 7) is 9.20. The van der Waals surface area contributed by atoms with Gasteiger partial charge in [-0.15, -0.1) is 0 Å². The molecular formula is C17H25N3. The highest BCUT2D eigenvalue weighted by atomic mass is 15.2. The van der Waals surface area contributed by atoms with Crippen molar-refractivity contribution in [1.29, 1.82) is 0 Å². The summed E-state index contributed by atoms with van der Waals surface area (Å²) in [5.74, 6) is 0.681. The number of piperazine rings is 1. The van der Waals surface area contributed by atoms with Gasteiger partial charge < -0.3 is 10.3 Å². The van der Waals surface area contributed by atoms with Crippen molar-refractivity contribution in [2.24, 2.45) is 5.92 Å². The molecule has 0 radical (unpaired) electrons. The summed E-state index contributed by atoms with van der Waals surface area (Å²) in [5, 5.41) is 4.76. The minimum atomic E-state index is 0.537. The van der Waals surface area contributed by atoms with Crippen LogP contribution >= 0.6 is 0 Å². The lowest BCUT2D eigenvalue weighted by molar-refractivity contribution is 0.128. The molecule has 1 unspecified atom stereocenters. The van der Waals surface area contributed by atoms with Gasteiger partial charge in [-0.25, -0.2) is 0 Å². The maximum atomic E-state index is 3.46. The van der Waals surface area contributed by atoms with Gasteiger partial charge in [0.2, 0.25) is 0 Å². The molecule has 2 atom stereocenters. The Bertz CT molecular complexity index is 554. The Morgan fingerprint density at radius 3 is 2.75 bits per heavy atom. The van der Waals surface area contributed by atoms with Crippen molar-refractivity contribution in [2.75, 3.05) is 26.2 Å². The van der Waals surface area contributed by atoms with Crippen molar-refractivity contribution in [2.45, 2.75) is 26.3 Å². The van der Waals surface area contributed by atoms with Crippen molar-refractivity contribution in [3.8, 4) is 0 Å². The molecule has 2 heterocycles. The zero-order valence-electron chi connectivity index (χ0n) is 12.5. The lowest BCUT2D eigenvalue weighted by Crippen LogP contribution is -2.46. The normalized spacial score (nSPS) is 20.1. The standard InChI is InChI=1S/C17H25N3/c1-3-13(2)17(20-10-8-18-9-11-20)15-5-4-14-6-7-19-16(14)12-15/h4-7,12-13,17-19H,3,8-11H2,1-2H3/t13?,17-/m0/s1. The van der Waals surface area contributed by atoms with E-state index in [4.69, 9.17) is 0 Å². The molecule has 1 saturated heterocycles. The maximum Gasteiger partial charge on any atom is 0.0457 e. The fourth-order valence-electron chi connectivity index (χ4n) is 3.33. The molecule has 1 aromatic heterocycles. The molecule has 0 amide bonds. The first-order valence-electron chi connectivity index (χ1n) is 7.81. The van der Waals surface area contributed by atoms with E-state index in [9.17, 15) is 0 Å². The molecule has 2 aromatic rings. The smallest absolute Gasteiger partial charge is 0.0457 e. The fraction of sp³-hybridized carbons (Fsp3) is 0.529. The number of hydrogen-bond donors (Lipinski definition) is 2. The van der Waals surface area contributed by atoms with Crippen LogP contribution in [0.25, 0.3) is 10.9 Å². The van der Waals surface area contributed by atoms with E-state index in [-0.39, 0.29) is 0 Å². The van der Waals surface area contributed by atoms with E-state index >= 15 is 0 Å². The molecule has 20 heavy (non-hydrogen) atoms. The molecule has 108 valence electrons. The Labute approximate surface area is 121 Å². The van der Waals surface area contributed by atoms with E-state index in [1.165, 1.54) is 22.9 Å². The van der Waals surface area contributed by atoms with E-state index in [2.05, 4.69) is 53.3 Å². The molecule has 0 aliphatic carbocycles. The van der Waals surface area contributed by atoms with Crippen LogP contribution in [0.2, 0.25) is 0 Å². The first-order chi connectivity index (χ1) is 9.79. The van der Waals surface area contributed by atoms with Gasteiger partial charge in [0.1, 0.15) is 0 Å². The number of nitrogens with one attached hydrogen (secondary N) is 2. The van der Waals surface area contributed by atoms with Crippen LogP contribution < -0.4 is 5.32 Å². The van der Waals surface area contributed by atoms with Crippen LogP contribution in [0, 0.1) is 5.92 Å². The quantitative estimate of drug-likeness (QED) is 0.895. The zero-order chi connectivity index (χ0) is 13.9. The number of fused-ring (bicyclic) bond motifs is 1. The number of benzene rings is 1. The Morgan fingerprint density at radius 2 is 2.00 bits per heavy atom. The third kappa shape index (κ3) is 2.60. The van der Waals surface area contributed by atoms with Crippen molar-refractivity contribution in [3.05, 3.63) is 36.0 Å². The molecular weight excluding hydrogens is 246 g/mol. The van der Waals surface area contributed by atoms with Crippen LogP contribution in [0.5, 0.6) is 0 Å². The molecule has 3 nitrogen and oxygen atoms in total. The first-order valence-corrected chi connectivity index (χ1v) is 7.81. The van der Waals surface area contributed by atoms with E-state index < -0.39 is 0 Å². The van der Waals surface area contributed by atoms with E-state index in [0.29, 0.717) is 12.0 Å². The predicted octanol–water partition coefficient (Wildman–Crippen LogP) is 3.16. The number of aromatic amines is 1. The summed E-state index contributed by atoms with van der Waals surface area (Å²) in [6.07, 6.45) is 3.24. The summed E-state index contributed by atoms with van der Waals surface area (Å²) >= 11 is 0. The predicted molar refractivity (Wildman–Crippen MR) is 84.9 cm³/mol. The minimum Gasteiger partial charge on any atom is -0.361 e. The second-order valence-corrected chi connectivity index (χ2v) is 5.94. The molecule has 0 saturated carbocycles. The van der Waals surface area contributed by atoms with Gasteiger partial charge in [-0.05, 0) is 29.0 Å². The molecule has 3 rings (SSSR count).